The number of H-pyrrole nitrogens is 1. The minimum atomic E-state index is -0.875. The number of nitrogens with one attached hydrogen (secondary N) is 1. The fourth-order valence-corrected chi connectivity index (χ4v) is 3.07. The lowest BCUT2D eigenvalue weighted by Crippen LogP contribution is -2.29. The normalized spacial score (nSPS) is 21.3. The Balaban J connectivity index is 1.35. The molecular weight excluding hydrogens is 382 g/mol. The Morgan fingerprint density at radius 1 is 1.38 bits per heavy atom. The maximum Gasteiger partial charge on any atom is 0.344 e. The SMILES string of the molecule is Nc1nc2c(ncn2[C@@H]2C[C@H](O)[C@@H](COC(=O)COc3ccccc3)O2)c(=O)[nH]1. The zero-order valence-corrected chi connectivity index (χ0v) is 15.2. The van der Waals surface area contributed by atoms with Gasteiger partial charge in [-0.2, -0.15) is 4.98 Å². The van der Waals surface area contributed by atoms with Gasteiger partial charge in [0.05, 0.1) is 12.4 Å². The standard InChI is InChI=1S/C18H19N5O6/c19-18-21-16-15(17(26)22-18)20-9-23(16)13-6-11(24)12(29-13)7-28-14(25)8-27-10-4-2-1-3-5-10/h1-5,9,11-13,24H,6-8H2,(H3,19,21,22,26)/t11-,12+,13-/m0/s1. The third-order valence-electron chi connectivity index (χ3n) is 4.47. The summed E-state index contributed by atoms with van der Waals surface area (Å²) in [6.07, 6.45) is -0.640. The Morgan fingerprint density at radius 3 is 2.97 bits per heavy atom. The van der Waals surface area contributed by atoms with Crippen LogP contribution < -0.4 is 16.0 Å². The summed E-state index contributed by atoms with van der Waals surface area (Å²) < 4.78 is 17.8. The van der Waals surface area contributed by atoms with Crippen LogP contribution in [0.1, 0.15) is 12.6 Å². The molecule has 1 aliphatic rings. The Hall–Kier alpha value is -3.44. The molecule has 11 nitrogen and oxygen atoms in total. The van der Waals surface area contributed by atoms with Gasteiger partial charge in [0.15, 0.2) is 17.8 Å². The predicted octanol–water partition coefficient (Wildman–Crippen LogP) is -0.0276. The zero-order valence-electron chi connectivity index (χ0n) is 15.2. The molecule has 4 N–H and O–H groups in total. The lowest BCUT2D eigenvalue weighted by molar-refractivity contribution is -0.152. The van der Waals surface area contributed by atoms with Gasteiger partial charge in [-0.05, 0) is 12.1 Å². The molecule has 11 heteroatoms. The quantitative estimate of drug-likeness (QED) is 0.483. The zero-order chi connectivity index (χ0) is 20.4. The average Bonchev–Trinajstić information content (AvgIpc) is 3.29. The van der Waals surface area contributed by atoms with Crippen molar-refractivity contribution in [2.75, 3.05) is 18.9 Å². The fraction of sp³-hybridized carbons (Fsp3) is 0.333. The molecule has 1 fully saturated rings. The number of para-hydroxylation sites is 1. The van der Waals surface area contributed by atoms with E-state index in [1.807, 2.05) is 6.07 Å². The van der Waals surface area contributed by atoms with Crippen LogP contribution in [0.3, 0.4) is 0 Å². The van der Waals surface area contributed by atoms with Gasteiger partial charge in [0.25, 0.3) is 5.56 Å². The molecule has 29 heavy (non-hydrogen) atoms. The summed E-state index contributed by atoms with van der Waals surface area (Å²) in [6.45, 7) is -0.397. The van der Waals surface area contributed by atoms with Gasteiger partial charge in [-0.1, -0.05) is 18.2 Å². The molecule has 0 saturated carbocycles. The number of imidazole rings is 1. The minimum Gasteiger partial charge on any atom is -0.482 e. The van der Waals surface area contributed by atoms with Gasteiger partial charge in [0.1, 0.15) is 24.7 Å². The van der Waals surface area contributed by atoms with Crippen LogP contribution in [0.15, 0.2) is 41.5 Å². The number of hydrogen-bond acceptors (Lipinski definition) is 9. The summed E-state index contributed by atoms with van der Waals surface area (Å²) in [5.74, 6) is -0.0794. The first kappa shape index (κ1) is 18.9. The molecule has 4 rings (SSSR count). The van der Waals surface area contributed by atoms with E-state index in [4.69, 9.17) is 19.9 Å². The van der Waals surface area contributed by atoms with Crippen molar-refractivity contribution in [3.63, 3.8) is 0 Å². The summed E-state index contributed by atoms with van der Waals surface area (Å²) in [5.41, 5.74) is 5.49. The maximum absolute atomic E-state index is 11.9. The first-order valence-corrected chi connectivity index (χ1v) is 8.90. The number of carbonyl (C=O) groups excluding carboxylic acids is 1. The number of hydrogen-bond donors (Lipinski definition) is 3. The van der Waals surface area contributed by atoms with Crippen molar-refractivity contribution in [1.82, 2.24) is 19.5 Å². The second-order valence-electron chi connectivity index (χ2n) is 6.49. The number of carbonyl (C=O) groups is 1. The van der Waals surface area contributed by atoms with Crippen molar-refractivity contribution in [2.24, 2.45) is 0 Å². The van der Waals surface area contributed by atoms with E-state index in [-0.39, 0.29) is 36.7 Å². The van der Waals surface area contributed by atoms with Crippen molar-refractivity contribution in [3.8, 4) is 5.75 Å². The molecule has 1 saturated heterocycles. The first-order valence-electron chi connectivity index (χ1n) is 8.90. The molecule has 3 heterocycles. The molecule has 152 valence electrons. The van der Waals surface area contributed by atoms with Crippen LogP contribution in [-0.2, 0) is 14.3 Å². The predicted molar refractivity (Wildman–Crippen MR) is 100.0 cm³/mol. The maximum atomic E-state index is 11.9. The highest BCUT2D eigenvalue weighted by Gasteiger charge is 2.36. The highest BCUT2D eigenvalue weighted by molar-refractivity contribution is 5.71. The molecule has 0 spiro atoms. The molecule has 0 unspecified atom stereocenters. The van der Waals surface area contributed by atoms with Gasteiger partial charge >= 0.3 is 5.97 Å². The molecule has 3 aromatic rings. The van der Waals surface area contributed by atoms with Crippen molar-refractivity contribution >= 4 is 23.1 Å². The lowest BCUT2D eigenvalue weighted by Gasteiger charge is -2.16. The van der Waals surface area contributed by atoms with E-state index in [9.17, 15) is 14.7 Å². The molecule has 0 amide bonds. The third kappa shape index (κ3) is 4.05. The number of anilines is 1. The van der Waals surface area contributed by atoms with E-state index < -0.39 is 30.0 Å². The Labute approximate surface area is 164 Å². The molecule has 3 atom stereocenters. The van der Waals surface area contributed by atoms with E-state index >= 15 is 0 Å². The van der Waals surface area contributed by atoms with Crippen molar-refractivity contribution in [2.45, 2.75) is 24.9 Å². The van der Waals surface area contributed by atoms with Gasteiger partial charge in [-0.3, -0.25) is 14.3 Å². The number of aliphatic hydroxyl groups excluding tert-OH is 1. The molecule has 2 aromatic heterocycles. The topological polar surface area (TPSA) is 155 Å². The number of nitrogen functional groups attached to an aromatic ring is 1. The summed E-state index contributed by atoms with van der Waals surface area (Å²) in [5, 5.41) is 10.3. The Morgan fingerprint density at radius 2 is 2.17 bits per heavy atom. The van der Waals surface area contributed by atoms with Crippen LogP contribution in [0, 0.1) is 0 Å². The van der Waals surface area contributed by atoms with Crippen LogP contribution in [0.4, 0.5) is 5.95 Å². The van der Waals surface area contributed by atoms with Crippen molar-refractivity contribution < 1.29 is 24.1 Å². The summed E-state index contributed by atoms with van der Waals surface area (Å²) in [4.78, 5) is 34.2. The lowest BCUT2D eigenvalue weighted by atomic mass is 10.2. The number of esters is 1. The summed E-state index contributed by atoms with van der Waals surface area (Å²) >= 11 is 0. The van der Waals surface area contributed by atoms with E-state index in [2.05, 4.69) is 15.0 Å². The highest BCUT2D eigenvalue weighted by Crippen LogP contribution is 2.30. The average molecular weight is 401 g/mol. The van der Waals surface area contributed by atoms with E-state index in [0.29, 0.717) is 5.75 Å². The molecule has 1 aromatic carbocycles. The summed E-state index contributed by atoms with van der Waals surface area (Å²) in [7, 11) is 0. The van der Waals surface area contributed by atoms with Crippen LogP contribution in [0.25, 0.3) is 11.2 Å². The first-order chi connectivity index (χ1) is 14.0. The molecule has 0 aliphatic carbocycles. The number of rotatable bonds is 6. The molecule has 0 radical (unpaired) electrons. The fourth-order valence-electron chi connectivity index (χ4n) is 3.07. The van der Waals surface area contributed by atoms with Crippen molar-refractivity contribution in [1.29, 1.82) is 0 Å². The number of aromatic nitrogens is 4. The molecule has 1 aliphatic heterocycles. The van der Waals surface area contributed by atoms with Gasteiger partial charge in [-0.15, -0.1) is 0 Å². The second kappa shape index (κ2) is 7.89. The van der Waals surface area contributed by atoms with E-state index in [1.165, 1.54) is 10.9 Å². The van der Waals surface area contributed by atoms with Gasteiger partial charge in [0, 0.05) is 6.42 Å². The smallest absolute Gasteiger partial charge is 0.344 e. The van der Waals surface area contributed by atoms with Crippen molar-refractivity contribution in [3.05, 3.63) is 47.0 Å². The molecule has 0 bridgehead atoms. The monoisotopic (exact) mass is 401 g/mol. The highest BCUT2D eigenvalue weighted by atomic mass is 16.6. The largest absolute Gasteiger partial charge is 0.482 e. The molecular formula is C18H19N5O6. The van der Waals surface area contributed by atoms with E-state index in [1.54, 1.807) is 24.3 Å². The van der Waals surface area contributed by atoms with Gasteiger partial charge < -0.3 is 25.1 Å². The number of nitrogens with zero attached hydrogens (tertiary/aromatic N) is 3. The number of nitrogens with two attached hydrogens (primary N) is 1. The summed E-state index contributed by atoms with van der Waals surface area (Å²) in [6, 6.07) is 8.87. The van der Waals surface area contributed by atoms with Crippen LogP contribution in [-0.4, -0.2) is 56.0 Å². The van der Waals surface area contributed by atoms with Crippen LogP contribution in [0.5, 0.6) is 5.75 Å². The van der Waals surface area contributed by atoms with Gasteiger partial charge in [-0.25, -0.2) is 9.78 Å². The third-order valence-corrected chi connectivity index (χ3v) is 4.47. The van der Waals surface area contributed by atoms with Crippen LogP contribution in [0.2, 0.25) is 0 Å². The Kier molecular flexibility index (Phi) is 5.14. The minimum absolute atomic E-state index is 0.0494. The second-order valence-corrected chi connectivity index (χ2v) is 6.49. The van der Waals surface area contributed by atoms with Crippen LogP contribution >= 0.6 is 0 Å². The number of benzene rings is 1. The number of aliphatic hydroxyl groups is 1. The van der Waals surface area contributed by atoms with E-state index in [0.717, 1.165) is 0 Å². The Bertz CT molecular complexity index is 1070. The number of fused-ring (bicyclic) bond motifs is 1. The number of ether oxygens (including phenoxy) is 3. The van der Waals surface area contributed by atoms with Gasteiger partial charge in [0.2, 0.25) is 5.95 Å². The number of aromatic amines is 1.